The Balaban J connectivity index is 1.66. The predicted octanol–water partition coefficient (Wildman–Crippen LogP) is -1.60. The minimum absolute atomic E-state index is 0.0823. The minimum atomic E-state index is -1.45. The number of hydrogen-bond donors (Lipinski definition) is 4. The molecule has 2 saturated heterocycles. The number of aromatic nitrogens is 2. The number of aliphatic hydroxyl groups is 2. The van der Waals surface area contributed by atoms with E-state index in [1.807, 2.05) is 0 Å². The van der Waals surface area contributed by atoms with Crippen molar-refractivity contribution in [2.75, 3.05) is 32.4 Å². The van der Waals surface area contributed by atoms with E-state index < -0.39 is 41.8 Å². The number of carbonyl (C=O) groups excluding carboxylic acids is 1. The van der Waals surface area contributed by atoms with Gasteiger partial charge in [-0.1, -0.05) is 0 Å². The summed E-state index contributed by atoms with van der Waals surface area (Å²) in [4.78, 5) is 28.0. The fourth-order valence-electron chi connectivity index (χ4n) is 3.25. The maximum absolute atomic E-state index is 12.5. The van der Waals surface area contributed by atoms with E-state index in [2.05, 4.69) is 4.98 Å². The number of ether oxygens (including phenoxy) is 4. The molecule has 12 nitrogen and oxygen atoms in total. The molecule has 156 valence electrons. The average molecular weight is 401 g/mol. The fraction of sp³-hybridized carbons (Fsp3) is 0.688. The summed E-state index contributed by atoms with van der Waals surface area (Å²) in [6, 6.07) is 1.28. The maximum atomic E-state index is 12.5. The van der Waals surface area contributed by atoms with Crippen LogP contribution in [0, 0.1) is 0 Å². The Labute approximate surface area is 159 Å². The number of anilines is 1. The Morgan fingerprint density at radius 3 is 2.71 bits per heavy atom. The summed E-state index contributed by atoms with van der Waals surface area (Å²) in [7, 11) is 1.41. The van der Waals surface area contributed by atoms with Gasteiger partial charge < -0.3 is 29.2 Å². The van der Waals surface area contributed by atoms with Crippen molar-refractivity contribution >= 4 is 11.8 Å². The molecule has 0 spiro atoms. The van der Waals surface area contributed by atoms with Gasteiger partial charge in [0.25, 0.3) is 0 Å². The number of aliphatic hydroxyl groups excluding tert-OH is 2. The molecule has 0 unspecified atom stereocenters. The van der Waals surface area contributed by atoms with Crippen LogP contribution in [0.5, 0.6) is 0 Å². The molecular formula is C16H23N3O9. The molecule has 4 atom stereocenters. The number of nitrogens with one attached hydrogen (secondary N) is 1. The van der Waals surface area contributed by atoms with Crippen molar-refractivity contribution in [3.05, 3.63) is 22.7 Å². The summed E-state index contributed by atoms with van der Waals surface area (Å²) in [5, 5.41) is 29.2. The van der Waals surface area contributed by atoms with Crippen LogP contribution in [-0.4, -0.2) is 81.8 Å². The monoisotopic (exact) mass is 401 g/mol. The zero-order valence-electron chi connectivity index (χ0n) is 15.2. The lowest BCUT2D eigenvalue weighted by molar-refractivity contribution is -0.184. The third kappa shape index (κ3) is 3.87. The molecule has 2 aliphatic rings. The standard InChI is InChI=1S/C16H23N3O9/c1-25-16(3-6-26-7-4-16)14(22)27-8-9-11(20)12(21)13(28-9)19-5-2-10(18-24)17-15(19)23/h2,5,9,11-13,20-21,24H,3-4,6-8H2,1H3,(H,17,18,23)/t9-,11-,12-,13-/m1/s1. The number of esters is 1. The van der Waals surface area contributed by atoms with Crippen LogP contribution in [0.4, 0.5) is 5.82 Å². The molecule has 0 aromatic carbocycles. The fourth-order valence-corrected chi connectivity index (χ4v) is 3.25. The second-order valence-electron chi connectivity index (χ2n) is 6.57. The minimum Gasteiger partial charge on any atom is -0.461 e. The van der Waals surface area contributed by atoms with Crippen LogP contribution in [-0.2, 0) is 23.7 Å². The van der Waals surface area contributed by atoms with Crippen LogP contribution in [0.2, 0.25) is 0 Å². The Morgan fingerprint density at radius 1 is 1.39 bits per heavy atom. The van der Waals surface area contributed by atoms with E-state index in [9.17, 15) is 19.8 Å². The van der Waals surface area contributed by atoms with Gasteiger partial charge in [-0.15, -0.1) is 0 Å². The first-order valence-corrected chi connectivity index (χ1v) is 8.73. The smallest absolute Gasteiger partial charge is 0.351 e. The van der Waals surface area contributed by atoms with E-state index >= 15 is 0 Å². The Bertz CT molecular complexity index is 749. The molecule has 1 aromatic heterocycles. The number of hydrogen-bond acceptors (Lipinski definition) is 11. The van der Waals surface area contributed by atoms with Crippen molar-refractivity contribution in [2.45, 2.75) is 43.0 Å². The number of methoxy groups -OCH3 is 1. The summed E-state index contributed by atoms with van der Waals surface area (Å²) in [6.07, 6.45) is -3.21. The number of nitrogens with zero attached hydrogens (tertiary/aromatic N) is 2. The first-order valence-electron chi connectivity index (χ1n) is 8.73. The van der Waals surface area contributed by atoms with Gasteiger partial charge in [-0.05, 0) is 6.07 Å². The molecular weight excluding hydrogens is 378 g/mol. The molecule has 0 aliphatic carbocycles. The largest absolute Gasteiger partial charge is 0.461 e. The molecule has 0 saturated carbocycles. The SMILES string of the molecule is COC1(C(=O)OC[C@H]2O[C@@H](n3ccc(NO)nc3=O)[C@H](O)[C@@H]2O)CCOCC1. The normalized spacial score (nSPS) is 29.4. The van der Waals surface area contributed by atoms with Crippen molar-refractivity contribution in [1.82, 2.24) is 9.55 Å². The molecule has 0 amide bonds. The quantitative estimate of drug-likeness (QED) is 0.321. The highest BCUT2D eigenvalue weighted by Gasteiger charge is 2.47. The van der Waals surface area contributed by atoms with Crippen LogP contribution < -0.4 is 11.2 Å². The molecule has 0 radical (unpaired) electrons. The second kappa shape index (κ2) is 8.51. The molecule has 2 aliphatic heterocycles. The molecule has 28 heavy (non-hydrogen) atoms. The summed E-state index contributed by atoms with van der Waals surface area (Å²) < 4.78 is 22.3. The lowest BCUT2D eigenvalue weighted by Gasteiger charge is -2.33. The first kappa shape index (κ1) is 20.6. The molecule has 3 rings (SSSR count). The van der Waals surface area contributed by atoms with Gasteiger partial charge in [0.05, 0.1) is 0 Å². The van der Waals surface area contributed by atoms with E-state index in [0.717, 1.165) is 4.57 Å². The van der Waals surface area contributed by atoms with Crippen LogP contribution in [0.25, 0.3) is 0 Å². The van der Waals surface area contributed by atoms with Crippen LogP contribution in [0.15, 0.2) is 17.1 Å². The highest BCUT2D eigenvalue weighted by Crippen LogP contribution is 2.30. The zero-order valence-corrected chi connectivity index (χ0v) is 15.2. The van der Waals surface area contributed by atoms with E-state index in [0.29, 0.717) is 26.1 Å². The second-order valence-corrected chi connectivity index (χ2v) is 6.57. The molecule has 3 heterocycles. The highest BCUT2D eigenvalue weighted by molar-refractivity contribution is 5.79. The van der Waals surface area contributed by atoms with Gasteiger partial charge >= 0.3 is 11.7 Å². The molecule has 12 heteroatoms. The predicted molar refractivity (Wildman–Crippen MR) is 90.6 cm³/mol. The van der Waals surface area contributed by atoms with Crippen LogP contribution in [0.3, 0.4) is 0 Å². The van der Waals surface area contributed by atoms with Gasteiger partial charge in [-0.25, -0.2) is 9.59 Å². The van der Waals surface area contributed by atoms with E-state index in [4.69, 9.17) is 24.2 Å². The zero-order chi connectivity index (χ0) is 20.3. The van der Waals surface area contributed by atoms with Crippen LogP contribution in [0.1, 0.15) is 19.1 Å². The number of carbonyl (C=O) groups is 1. The lowest BCUT2D eigenvalue weighted by Crippen LogP contribution is -2.47. The summed E-state index contributed by atoms with van der Waals surface area (Å²) in [5.41, 5.74) is -0.197. The van der Waals surface area contributed by atoms with Crippen molar-refractivity contribution in [1.29, 1.82) is 0 Å². The summed E-state index contributed by atoms with van der Waals surface area (Å²) in [6.45, 7) is 0.389. The summed E-state index contributed by atoms with van der Waals surface area (Å²) in [5.74, 6) is -0.690. The Morgan fingerprint density at radius 2 is 2.11 bits per heavy atom. The topological polar surface area (TPSA) is 162 Å². The summed E-state index contributed by atoms with van der Waals surface area (Å²) >= 11 is 0. The number of rotatable bonds is 6. The van der Waals surface area contributed by atoms with Crippen molar-refractivity contribution in [2.24, 2.45) is 0 Å². The van der Waals surface area contributed by atoms with Gasteiger partial charge in [0.15, 0.2) is 17.6 Å². The molecule has 2 fully saturated rings. The molecule has 4 N–H and O–H groups in total. The van der Waals surface area contributed by atoms with Gasteiger partial charge in [0, 0.05) is 39.4 Å². The Kier molecular flexibility index (Phi) is 6.27. The van der Waals surface area contributed by atoms with Gasteiger partial charge in [-0.3, -0.25) is 15.3 Å². The van der Waals surface area contributed by atoms with Gasteiger partial charge in [0.1, 0.15) is 24.9 Å². The average Bonchev–Trinajstić information content (AvgIpc) is 3.00. The van der Waals surface area contributed by atoms with Crippen LogP contribution >= 0.6 is 0 Å². The van der Waals surface area contributed by atoms with E-state index in [1.165, 1.54) is 19.4 Å². The van der Waals surface area contributed by atoms with E-state index in [1.54, 1.807) is 5.48 Å². The van der Waals surface area contributed by atoms with Crippen molar-refractivity contribution in [3.63, 3.8) is 0 Å². The highest BCUT2D eigenvalue weighted by atomic mass is 16.6. The van der Waals surface area contributed by atoms with Crippen molar-refractivity contribution in [3.8, 4) is 0 Å². The van der Waals surface area contributed by atoms with Crippen molar-refractivity contribution < 1.29 is 39.2 Å². The Hall–Kier alpha value is -2.09. The lowest BCUT2D eigenvalue weighted by atomic mass is 9.94. The molecule has 1 aromatic rings. The molecule has 0 bridgehead atoms. The van der Waals surface area contributed by atoms with Gasteiger partial charge in [-0.2, -0.15) is 4.98 Å². The first-order chi connectivity index (χ1) is 13.4. The van der Waals surface area contributed by atoms with Gasteiger partial charge in [0.2, 0.25) is 0 Å². The van der Waals surface area contributed by atoms with E-state index in [-0.39, 0.29) is 12.4 Å². The third-order valence-corrected chi connectivity index (χ3v) is 5.00. The maximum Gasteiger partial charge on any atom is 0.351 e. The third-order valence-electron chi connectivity index (χ3n) is 5.00.